The van der Waals surface area contributed by atoms with E-state index in [0.29, 0.717) is 36.8 Å². The average Bonchev–Trinajstić information content (AvgIpc) is 2.70. The van der Waals surface area contributed by atoms with Crippen LogP contribution in [-0.4, -0.2) is 42.1 Å². The molecule has 2 N–H and O–H groups in total. The van der Waals surface area contributed by atoms with Crippen LogP contribution in [0.25, 0.3) is 0 Å². The Balaban J connectivity index is 1.47. The predicted octanol–water partition coefficient (Wildman–Crippen LogP) is 3.59. The van der Waals surface area contributed by atoms with Crippen molar-refractivity contribution >= 4 is 23.5 Å². The SMILES string of the molecule is CC1CN(C(=O)c2ccc(CNC(=O)NCc3cccc(Cl)c3)cc2)CC(C)O1. The van der Waals surface area contributed by atoms with E-state index in [1.165, 1.54) is 0 Å². The van der Waals surface area contributed by atoms with Gasteiger partial charge in [0.15, 0.2) is 0 Å². The topological polar surface area (TPSA) is 70.7 Å². The zero-order chi connectivity index (χ0) is 20.8. The van der Waals surface area contributed by atoms with Crippen molar-refractivity contribution in [1.82, 2.24) is 15.5 Å². The van der Waals surface area contributed by atoms with E-state index in [0.717, 1.165) is 11.1 Å². The summed E-state index contributed by atoms with van der Waals surface area (Å²) in [7, 11) is 0. The third kappa shape index (κ3) is 6.21. The predicted molar refractivity (Wildman–Crippen MR) is 113 cm³/mol. The maximum atomic E-state index is 12.7. The number of nitrogens with one attached hydrogen (secondary N) is 2. The molecule has 6 nitrogen and oxygen atoms in total. The molecule has 1 aliphatic heterocycles. The molecule has 29 heavy (non-hydrogen) atoms. The molecular weight excluding hydrogens is 390 g/mol. The number of carbonyl (C=O) groups is 2. The Morgan fingerprint density at radius 2 is 1.62 bits per heavy atom. The van der Waals surface area contributed by atoms with Gasteiger partial charge in [0.2, 0.25) is 0 Å². The summed E-state index contributed by atoms with van der Waals surface area (Å²) in [5.74, 6) is 0.00535. The van der Waals surface area contributed by atoms with Crippen LogP contribution >= 0.6 is 11.6 Å². The molecule has 2 aromatic carbocycles. The first-order valence-electron chi connectivity index (χ1n) is 9.70. The van der Waals surface area contributed by atoms with Crippen molar-refractivity contribution in [3.63, 3.8) is 0 Å². The van der Waals surface area contributed by atoms with E-state index in [2.05, 4.69) is 10.6 Å². The van der Waals surface area contributed by atoms with Crippen LogP contribution in [-0.2, 0) is 17.8 Å². The Bertz CT molecular complexity index is 847. The van der Waals surface area contributed by atoms with Crippen molar-refractivity contribution in [3.8, 4) is 0 Å². The minimum Gasteiger partial charge on any atom is -0.372 e. The molecule has 2 atom stereocenters. The smallest absolute Gasteiger partial charge is 0.315 e. The largest absolute Gasteiger partial charge is 0.372 e. The van der Waals surface area contributed by atoms with Crippen molar-refractivity contribution in [2.75, 3.05) is 13.1 Å². The highest BCUT2D eigenvalue weighted by Crippen LogP contribution is 2.15. The van der Waals surface area contributed by atoms with Gasteiger partial charge in [-0.25, -0.2) is 4.79 Å². The number of morpholine rings is 1. The summed E-state index contributed by atoms with van der Waals surface area (Å²) in [5.41, 5.74) is 2.49. The fourth-order valence-corrected chi connectivity index (χ4v) is 3.58. The highest BCUT2D eigenvalue weighted by molar-refractivity contribution is 6.30. The number of halogens is 1. The number of urea groups is 1. The van der Waals surface area contributed by atoms with E-state index in [1.807, 2.05) is 49.1 Å². The lowest BCUT2D eigenvalue weighted by molar-refractivity contribution is -0.0586. The summed E-state index contributed by atoms with van der Waals surface area (Å²) in [6.45, 7) is 5.92. The molecular formula is C22H26ClN3O3. The molecule has 1 saturated heterocycles. The van der Waals surface area contributed by atoms with Crippen LogP contribution in [0.3, 0.4) is 0 Å². The molecule has 3 amide bonds. The summed E-state index contributed by atoms with van der Waals surface area (Å²) < 4.78 is 5.68. The molecule has 1 aliphatic rings. The van der Waals surface area contributed by atoms with Gasteiger partial charge in [0.05, 0.1) is 12.2 Å². The van der Waals surface area contributed by atoms with Crippen LogP contribution in [0.2, 0.25) is 5.02 Å². The molecule has 154 valence electrons. The molecule has 0 aromatic heterocycles. The van der Waals surface area contributed by atoms with Crippen molar-refractivity contribution in [3.05, 3.63) is 70.2 Å². The number of ether oxygens (including phenoxy) is 1. The lowest BCUT2D eigenvalue weighted by Gasteiger charge is -2.35. The van der Waals surface area contributed by atoms with Gasteiger partial charge in [-0.1, -0.05) is 35.9 Å². The second kappa shape index (κ2) is 9.76. The van der Waals surface area contributed by atoms with E-state index in [4.69, 9.17) is 16.3 Å². The van der Waals surface area contributed by atoms with Crippen LogP contribution < -0.4 is 10.6 Å². The highest BCUT2D eigenvalue weighted by atomic mass is 35.5. The average molecular weight is 416 g/mol. The van der Waals surface area contributed by atoms with Crippen LogP contribution in [0, 0.1) is 0 Å². The normalized spacial score (nSPS) is 18.9. The molecule has 0 aliphatic carbocycles. The van der Waals surface area contributed by atoms with Gasteiger partial charge in [-0.3, -0.25) is 4.79 Å². The molecule has 0 radical (unpaired) electrons. The molecule has 7 heteroatoms. The molecule has 1 heterocycles. The summed E-state index contributed by atoms with van der Waals surface area (Å²) in [6.07, 6.45) is 0.0770. The molecule has 0 spiro atoms. The van der Waals surface area contributed by atoms with E-state index >= 15 is 0 Å². The van der Waals surface area contributed by atoms with Gasteiger partial charge in [-0.2, -0.15) is 0 Å². The van der Waals surface area contributed by atoms with Gasteiger partial charge in [0.25, 0.3) is 5.91 Å². The Morgan fingerprint density at radius 3 is 2.24 bits per heavy atom. The maximum absolute atomic E-state index is 12.7. The Labute approximate surface area is 176 Å². The number of hydrogen-bond acceptors (Lipinski definition) is 3. The monoisotopic (exact) mass is 415 g/mol. The van der Waals surface area contributed by atoms with Crippen molar-refractivity contribution in [2.45, 2.75) is 39.1 Å². The standard InChI is InChI=1S/C22H26ClN3O3/c1-15-13-26(14-16(2)29-15)21(27)19-8-6-17(7-9-19)11-24-22(28)25-12-18-4-3-5-20(23)10-18/h3-10,15-16H,11-14H2,1-2H3,(H2,24,25,28). The minimum atomic E-state index is -0.263. The minimum absolute atomic E-state index is 0.00535. The van der Waals surface area contributed by atoms with Crippen LogP contribution in [0.4, 0.5) is 4.79 Å². The molecule has 0 bridgehead atoms. The van der Waals surface area contributed by atoms with Crippen molar-refractivity contribution in [1.29, 1.82) is 0 Å². The van der Waals surface area contributed by atoms with Crippen molar-refractivity contribution in [2.24, 2.45) is 0 Å². The molecule has 2 unspecified atom stereocenters. The van der Waals surface area contributed by atoms with E-state index in [9.17, 15) is 9.59 Å². The van der Waals surface area contributed by atoms with Gasteiger partial charge >= 0.3 is 6.03 Å². The number of hydrogen-bond donors (Lipinski definition) is 2. The molecule has 0 saturated carbocycles. The number of rotatable bonds is 5. The fourth-order valence-electron chi connectivity index (χ4n) is 3.37. The van der Waals surface area contributed by atoms with Crippen LogP contribution in [0.15, 0.2) is 48.5 Å². The molecule has 2 aromatic rings. The lowest BCUT2D eigenvalue weighted by atomic mass is 10.1. The first-order valence-corrected chi connectivity index (χ1v) is 10.1. The zero-order valence-electron chi connectivity index (χ0n) is 16.7. The van der Waals surface area contributed by atoms with E-state index in [1.54, 1.807) is 18.2 Å². The van der Waals surface area contributed by atoms with E-state index < -0.39 is 0 Å². The van der Waals surface area contributed by atoms with Crippen LogP contribution in [0.1, 0.15) is 35.3 Å². The third-order valence-electron chi connectivity index (χ3n) is 4.70. The summed E-state index contributed by atoms with van der Waals surface area (Å²) in [5, 5.41) is 6.25. The van der Waals surface area contributed by atoms with Gasteiger partial charge in [-0.15, -0.1) is 0 Å². The number of benzene rings is 2. The second-order valence-corrected chi connectivity index (χ2v) is 7.77. The number of amides is 3. The summed E-state index contributed by atoms with van der Waals surface area (Å²) in [6, 6.07) is 14.4. The Morgan fingerprint density at radius 1 is 1.00 bits per heavy atom. The van der Waals surface area contributed by atoms with Gasteiger partial charge in [0.1, 0.15) is 0 Å². The van der Waals surface area contributed by atoms with Gasteiger partial charge in [-0.05, 0) is 49.2 Å². The van der Waals surface area contributed by atoms with Gasteiger partial charge < -0.3 is 20.3 Å². The number of nitrogens with zero attached hydrogens (tertiary/aromatic N) is 1. The highest BCUT2D eigenvalue weighted by Gasteiger charge is 2.26. The number of carbonyl (C=O) groups excluding carboxylic acids is 2. The Kier molecular flexibility index (Phi) is 7.12. The van der Waals surface area contributed by atoms with E-state index in [-0.39, 0.29) is 24.1 Å². The quantitative estimate of drug-likeness (QED) is 0.784. The first kappa shape index (κ1) is 21.1. The zero-order valence-corrected chi connectivity index (χ0v) is 17.4. The molecule has 3 rings (SSSR count). The molecule has 1 fully saturated rings. The summed E-state index contributed by atoms with van der Waals surface area (Å²) in [4.78, 5) is 26.5. The van der Waals surface area contributed by atoms with Crippen LogP contribution in [0.5, 0.6) is 0 Å². The van der Waals surface area contributed by atoms with Gasteiger partial charge in [0, 0.05) is 36.8 Å². The first-order chi connectivity index (χ1) is 13.9. The fraction of sp³-hybridized carbons (Fsp3) is 0.364. The summed E-state index contributed by atoms with van der Waals surface area (Å²) >= 11 is 5.94. The lowest BCUT2D eigenvalue weighted by Crippen LogP contribution is -2.48. The maximum Gasteiger partial charge on any atom is 0.315 e. The van der Waals surface area contributed by atoms with Crippen molar-refractivity contribution < 1.29 is 14.3 Å². The Hall–Kier alpha value is -2.57. The third-order valence-corrected chi connectivity index (χ3v) is 4.94. The second-order valence-electron chi connectivity index (χ2n) is 7.33.